The number of nitrogens with zero attached hydrogens (tertiary/aromatic N) is 2. The first kappa shape index (κ1) is 31.8. The van der Waals surface area contributed by atoms with E-state index in [-0.39, 0.29) is 33.7 Å². The summed E-state index contributed by atoms with van der Waals surface area (Å²) in [7, 11) is 0. The number of amides is 1. The summed E-state index contributed by atoms with van der Waals surface area (Å²) in [6, 6.07) is 2.78. The zero-order valence-corrected chi connectivity index (χ0v) is 24.4. The molecule has 1 aliphatic heterocycles. The summed E-state index contributed by atoms with van der Waals surface area (Å²) in [5.74, 6) is -5.79. The predicted molar refractivity (Wildman–Crippen MR) is 144 cm³/mol. The van der Waals surface area contributed by atoms with Gasteiger partial charge in [0.05, 0.1) is 16.9 Å². The first-order chi connectivity index (χ1) is 19.3. The van der Waals surface area contributed by atoms with Crippen LogP contribution in [0.4, 0.5) is 0 Å². The molecule has 12 nitrogen and oxygen atoms in total. The molecule has 1 amide bonds. The lowest BCUT2D eigenvalue weighted by Crippen LogP contribution is -2.47. The molecule has 1 aliphatic rings. The monoisotopic (exact) mass is 609 g/mol. The Morgan fingerprint density at radius 1 is 1.12 bits per heavy atom. The summed E-state index contributed by atoms with van der Waals surface area (Å²) in [6.45, 7) is 7.43. The molecule has 0 radical (unpaired) electrons. The topological polar surface area (TPSA) is 160 Å². The van der Waals surface area contributed by atoms with E-state index in [0.717, 1.165) is 0 Å². The average molecular weight is 610 g/mol. The summed E-state index contributed by atoms with van der Waals surface area (Å²) in [5.41, 5.74) is -0.277. The lowest BCUT2D eigenvalue weighted by atomic mass is 9.95. The quantitative estimate of drug-likeness (QED) is 0.278. The molecule has 0 bridgehead atoms. The van der Waals surface area contributed by atoms with Crippen LogP contribution in [0.1, 0.15) is 60.7 Å². The average Bonchev–Trinajstić information content (AvgIpc) is 2.95. The SMILES string of the molecule is CC[C@H]1C(=O)OC[C@H](NC(=O)c2nccc(C)c2OC(=O)c2nc(Cl)ccc2Cl)C(=O)O[C@@H](C)[C@@H]1OC(=O)C(C)C. The summed E-state index contributed by atoms with van der Waals surface area (Å²) in [4.78, 5) is 72.2. The van der Waals surface area contributed by atoms with Crippen LogP contribution in [-0.4, -0.2) is 64.6 Å². The van der Waals surface area contributed by atoms with Gasteiger partial charge in [-0.2, -0.15) is 0 Å². The summed E-state index contributed by atoms with van der Waals surface area (Å²) in [6.07, 6.45) is -0.600. The fourth-order valence-corrected chi connectivity index (χ4v) is 4.18. The molecule has 41 heavy (non-hydrogen) atoms. The van der Waals surface area contributed by atoms with Crippen molar-refractivity contribution in [3.05, 3.63) is 51.5 Å². The molecule has 0 spiro atoms. The normalized spacial score (nSPS) is 21.1. The minimum Gasteiger partial charge on any atom is -0.463 e. The van der Waals surface area contributed by atoms with Gasteiger partial charge in [-0.25, -0.2) is 19.6 Å². The van der Waals surface area contributed by atoms with E-state index in [1.165, 1.54) is 31.3 Å². The number of aromatic nitrogens is 2. The number of hydrogen-bond donors (Lipinski definition) is 1. The van der Waals surface area contributed by atoms with Gasteiger partial charge in [-0.3, -0.25) is 14.4 Å². The zero-order chi connectivity index (χ0) is 30.4. The molecule has 1 saturated heterocycles. The van der Waals surface area contributed by atoms with Crippen LogP contribution in [0.5, 0.6) is 5.75 Å². The van der Waals surface area contributed by atoms with Crippen molar-refractivity contribution in [3.8, 4) is 5.75 Å². The van der Waals surface area contributed by atoms with Crippen LogP contribution >= 0.6 is 23.2 Å². The number of carbonyl (C=O) groups is 5. The van der Waals surface area contributed by atoms with E-state index in [1.54, 1.807) is 27.7 Å². The molecule has 0 aliphatic carbocycles. The Morgan fingerprint density at radius 3 is 2.49 bits per heavy atom. The largest absolute Gasteiger partial charge is 0.463 e. The molecule has 0 aromatic carbocycles. The number of pyridine rings is 2. The van der Waals surface area contributed by atoms with Gasteiger partial charge in [0.25, 0.3) is 5.91 Å². The molecule has 3 heterocycles. The van der Waals surface area contributed by atoms with Crippen molar-refractivity contribution < 1.29 is 42.9 Å². The van der Waals surface area contributed by atoms with Crippen LogP contribution in [0.15, 0.2) is 24.4 Å². The Morgan fingerprint density at radius 2 is 1.83 bits per heavy atom. The third-order valence-electron chi connectivity index (χ3n) is 6.13. The van der Waals surface area contributed by atoms with Crippen molar-refractivity contribution in [3.63, 3.8) is 0 Å². The van der Waals surface area contributed by atoms with Crippen molar-refractivity contribution >= 4 is 53.0 Å². The Labute approximate surface area is 246 Å². The number of rotatable bonds is 7. The van der Waals surface area contributed by atoms with Crippen LogP contribution in [-0.2, 0) is 28.6 Å². The molecule has 3 rings (SSSR count). The van der Waals surface area contributed by atoms with Gasteiger partial charge in [0.15, 0.2) is 29.3 Å². The predicted octanol–water partition coefficient (Wildman–Crippen LogP) is 3.49. The number of halogens is 2. The van der Waals surface area contributed by atoms with E-state index >= 15 is 0 Å². The number of esters is 4. The molecule has 0 saturated carbocycles. The van der Waals surface area contributed by atoms with E-state index in [4.69, 9.17) is 42.1 Å². The van der Waals surface area contributed by atoms with Gasteiger partial charge in [0.1, 0.15) is 17.9 Å². The molecular formula is C27H29Cl2N3O9. The fraction of sp³-hybridized carbons (Fsp3) is 0.444. The third-order valence-corrected chi connectivity index (χ3v) is 6.64. The minimum atomic E-state index is -1.46. The van der Waals surface area contributed by atoms with Crippen molar-refractivity contribution in [1.82, 2.24) is 15.3 Å². The second kappa shape index (κ2) is 13.7. The number of nitrogens with one attached hydrogen (secondary N) is 1. The maximum atomic E-state index is 13.3. The number of ether oxygens (including phenoxy) is 4. The Kier molecular flexibility index (Phi) is 10.6. The summed E-state index contributed by atoms with van der Waals surface area (Å²) >= 11 is 11.9. The third kappa shape index (κ3) is 7.70. The molecule has 14 heteroatoms. The second-order valence-corrected chi connectivity index (χ2v) is 10.3. The summed E-state index contributed by atoms with van der Waals surface area (Å²) < 4.78 is 21.7. The molecule has 2 aromatic heterocycles. The van der Waals surface area contributed by atoms with Crippen LogP contribution in [0.2, 0.25) is 10.2 Å². The lowest BCUT2D eigenvalue weighted by molar-refractivity contribution is -0.176. The minimum absolute atomic E-state index is 0.00348. The van der Waals surface area contributed by atoms with E-state index in [1.807, 2.05) is 0 Å². The van der Waals surface area contributed by atoms with Crippen LogP contribution in [0.25, 0.3) is 0 Å². The maximum Gasteiger partial charge on any atom is 0.364 e. The van der Waals surface area contributed by atoms with Crippen LogP contribution in [0.3, 0.4) is 0 Å². The number of cyclic esters (lactones) is 2. The Balaban J connectivity index is 1.85. The van der Waals surface area contributed by atoms with Gasteiger partial charge >= 0.3 is 23.9 Å². The van der Waals surface area contributed by atoms with E-state index in [2.05, 4.69) is 15.3 Å². The Hall–Kier alpha value is -3.77. The standard InChI is InChI=1S/C27H29Cl2N3O9/c1-6-15-22(41-24(34)12(2)3)14(5)39-26(36)17(11-38-25(15)35)31-23(33)20-21(13(4)9-10-30-20)40-27(37)19-16(28)7-8-18(29)32-19/h7-10,12,14-15,17,22H,6,11H2,1-5H3,(H,31,33)/t14-,15+,17-,22-/m0/s1. The van der Waals surface area contributed by atoms with Crippen LogP contribution < -0.4 is 10.1 Å². The molecule has 0 unspecified atom stereocenters. The maximum absolute atomic E-state index is 13.3. The van der Waals surface area contributed by atoms with Gasteiger partial charge in [-0.15, -0.1) is 0 Å². The van der Waals surface area contributed by atoms with E-state index in [9.17, 15) is 24.0 Å². The molecule has 1 N–H and O–H groups in total. The van der Waals surface area contributed by atoms with Crippen molar-refractivity contribution in [2.75, 3.05) is 6.61 Å². The zero-order valence-electron chi connectivity index (χ0n) is 22.9. The van der Waals surface area contributed by atoms with Gasteiger partial charge in [-0.1, -0.05) is 44.0 Å². The van der Waals surface area contributed by atoms with E-state index in [0.29, 0.717) is 5.56 Å². The van der Waals surface area contributed by atoms with Gasteiger partial charge in [0, 0.05) is 6.20 Å². The highest BCUT2D eigenvalue weighted by Crippen LogP contribution is 2.26. The second-order valence-electron chi connectivity index (χ2n) is 9.53. The molecule has 1 fully saturated rings. The summed E-state index contributed by atoms with van der Waals surface area (Å²) in [5, 5.41) is 2.38. The van der Waals surface area contributed by atoms with Crippen LogP contribution in [0, 0.1) is 18.8 Å². The molecular weight excluding hydrogens is 581 g/mol. The highest BCUT2D eigenvalue weighted by Gasteiger charge is 2.41. The number of hydrogen-bond acceptors (Lipinski definition) is 11. The van der Waals surface area contributed by atoms with Crippen molar-refractivity contribution in [2.45, 2.75) is 59.3 Å². The van der Waals surface area contributed by atoms with Gasteiger partial charge in [0.2, 0.25) is 0 Å². The number of aryl methyl sites for hydroxylation is 1. The van der Waals surface area contributed by atoms with Gasteiger partial charge in [-0.05, 0) is 44.0 Å². The highest BCUT2D eigenvalue weighted by atomic mass is 35.5. The van der Waals surface area contributed by atoms with Crippen molar-refractivity contribution in [2.24, 2.45) is 11.8 Å². The first-order valence-corrected chi connectivity index (χ1v) is 13.5. The van der Waals surface area contributed by atoms with Crippen molar-refractivity contribution in [1.29, 1.82) is 0 Å². The lowest BCUT2D eigenvalue weighted by Gasteiger charge is -2.29. The molecule has 220 valence electrons. The first-order valence-electron chi connectivity index (χ1n) is 12.7. The highest BCUT2D eigenvalue weighted by molar-refractivity contribution is 6.34. The molecule has 4 atom stereocenters. The Bertz CT molecular complexity index is 1350. The fourth-order valence-electron chi connectivity index (χ4n) is 3.85. The van der Waals surface area contributed by atoms with E-state index < -0.39 is 66.5 Å². The number of carbonyl (C=O) groups excluding carboxylic acids is 5. The smallest absolute Gasteiger partial charge is 0.364 e. The molecule has 2 aromatic rings. The van der Waals surface area contributed by atoms with Gasteiger partial charge < -0.3 is 24.3 Å².